The van der Waals surface area contributed by atoms with Crippen LogP contribution in [0.2, 0.25) is 0 Å². The third-order valence-corrected chi connectivity index (χ3v) is 5.00. The minimum absolute atomic E-state index is 0.0375. The van der Waals surface area contributed by atoms with Crippen LogP contribution in [0.3, 0.4) is 0 Å². The van der Waals surface area contributed by atoms with Crippen LogP contribution in [0, 0.1) is 10.1 Å². The average molecular weight is 361 g/mol. The Morgan fingerprint density at radius 3 is 2.63 bits per heavy atom. The molecule has 1 aliphatic rings. The minimum Gasteiger partial charge on any atom is -0.361 e. The molecule has 1 amide bonds. The number of fused-ring (bicyclic) bond motifs is 1. The Morgan fingerprint density at radius 2 is 1.93 bits per heavy atom. The smallest absolute Gasteiger partial charge is 0.269 e. The van der Waals surface area contributed by atoms with E-state index in [0.29, 0.717) is 13.1 Å². The van der Waals surface area contributed by atoms with Gasteiger partial charge in [-0.25, -0.2) is 0 Å². The first kappa shape index (κ1) is 17.0. The molecule has 0 unspecified atom stereocenters. The fourth-order valence-electron chi connectivity index (χ4n) is 3.50. The van der Waals surface area contributed by atoms with E-state index in [1.165, 1.54) is 28.7 Å². The SMILES string of the molecule is O=C(Cc1ccc([N+](=O)[O-])cc1)N1CC=C(c2c[nH]c3ccccc23)CC1. The van der Waals surface area contributed by atoms with Gasteiger partial charge in [0.25, 0.3) is 5.69 Å². The molecule has 0 fully saturated rings. The Kier molecular flexibility index (Phi) is 4.46. The van der Waals surface area contributed by atoms with E-state index in [4.69, 9.17) is 0 Å². The summed E-state index contributed by atoms with van der Waals surface area (Å²) < 4.78 is 0. The summed E-state index contributed by atoms with van der Waals surface area (Å²) in [7, 11) is 0. The lowest BCUT2D eigenvalue weighted by Crippen LogP contribution is -2.35. The van der Waals surface area contributed by atoms with Crippen molar-refractivity contribution in [3.63, 3.8) is 0 Å². The van der Waals surface area contributed by atoms with Gasteiger partial charge in [0.1, 0.15) is 0 Å². The predicted molar refractivity (Wildman–Crippen MR) is 104 cm³/mol. The molecule has 2 heterocycles. The second-order valence-corrected chi connectivity index (χ2v) is 6.67. The van der Waals surface area contributed by atoms with Crippen molar-refractivity contribution in [2.75, 3.05) is 13.1 Å². The van der Waals surface area contributed by atoms with Gasteiger partial charge in [-0.2, -0.15) is 0 Å². The van der Waals surface area contributed by atoms with Gasteiger partial charge in [-0.05, 0) is 23.6 Å². The van der Waals surface area contributed by atoms with Gasteiger partial charge < -0.3 is 9.88 Å². The monoisotopic (exact) mass is 361 g/mol. The first-order chi connectivity index (χ1) is 13.1. The van der Waals surface area contributed by atoms with E-state index in [9.17, 15) is 14.9 Å². The summed E-state index contributed by atoms with van der Waals surface area (Å²) in [6, 6.07) is 14.4. The number of carbonyl (C=O) groups is 1. The molecule has 0 saturated heterocycles. The van der Waals surface area contributed by atoms with Gasteiger partial charge in [0.15, 0.2) is 0 Å². The number of para-hydroxylation sites is 1. The molecule has 6 nitrogen and oxygen atoms in total. The van der Waals surface area contributed by atoms with E-state index in [1.807, 2.05) is 23.2 Å². The molecule has 0 spiro atoms. The molecule has 1 N–H and O–H groups in total. The molecule has 3 aromatic rings. The van der Waals surface area contributed by atoms with Crippen LogP contribution in [-0.4, -0.2) is 33.8 Å². The zero-order valence-corrected chi connectivity index (χ0v) is 14.7. The van der Waals surface area contributed by atoms with E-state index in [1.54, 1.807) is 12.1 Å². The van der Waals surface area contributed by atoms with Crippen LogP contribution in [0.5, 0.6) is 0 Å². The van der Waals surface area contributed by atoms with Crippen molar-refractivity contribution < 1.29 is 9.72 Å². The van der Waals surface area contributed by atoms with Crippen molar-refractivity contribution in [2.24, 2.45) is 0 Å². The summed E-state index contributed by atoms with van der Waals surface area (Å²) in [5.41, 5.74) is 4.40. The highest BCUT2D eigenvalue weighted by molar-refractivity contribution is 5.93. The van der Waals surface area contributed by atoms with Gasteiger partial charge in [0.2, 0.25) is 5.91 Å². The summed E-state index contributed by atoms with van der Waals surface area (Å²) in [5, 5.41) is 11.9. The van der Waals surface area contributed by atoms with Gasteiger partial charge >= 0.3 is 0 Å². The van der Waals surface area contributed by atoms with Crippen LogP contribution in [0.1, 0.15) is 17.5 Å². The summed E-state index contributed by atoms with van der Waals surface area (Å²) in [4.78, 5) is 28.0. The number of nitrogens with zero attached hydrogens (tertiary/aromatic N) is 2. The highest BCUT2D eigenvalue weighted by Crippen LogP contribution is 2.29. The van der Waals surface area contributed by atoms with Crippen LogP contribution < -0.4 is 0 Å². The van der Waals surface area contributed by atoms with Crippen molar-refractivity contribution in [3.8, 4) is 0 Å². The molecular formula is C21H19N3O3. The largest absolute Gasteiger partial charge is 0.361 e. The van der Waals surface area contributed by atoms with Gasteiger partial charge in [-0.1, -0.05) is 36.4 Å². The maximum absolute atomic E-state index is 12.5. The number of non-ortho nitro benzene ring substituents is 1. The van der Waals surface area contributed by atoms with Gasteiger partial charge in [-0.3, -0.25) is 14.9 Å². The number of aromatic amines is 1. The van der Waals surface area contributed by atoms with Crippen molar-refractivity contribution >= 4 is 28.1 Å². The van der Waals surface area contributed by atoms with Gasteiger partial charge in [-0.15, -0.1) is 0 Å². The summed E-state index contributed by atoms with van der Waals surface area (Å²) >= 11 is 0. The number of benzene rings is 2. The third-order valence-electron chi connectivity index (χ3n) is 5.00. The molecule has 0 bridgehead atoms. The Balaban J connectivity index is 1.43. The van der Waals surface area contributed by atoms with Crippen molar-refractivity contribution in [2.45, 2.75) is 12.8 Å². The Hall–Kier alpha value is -3.41. The third kappa shape index (κ3) is 3.46. The Bertz CT molecular complexity index is 1030. The topological polar surface area (TPSA) is 79.2 Å². The fourth-order valence-corrected chi connectivity index (χ4v) is 3.50. The molecule has 1 aliphatic heterocycles. The summed E-state index contributed by atoms with van der Waals surface area (Å²) in [5.74, 6) is 0.0399. The molecule has 4 rings (SSSR count). The number of aromatic nitrogens is 1. The molecule has 0 aliphatic carbocycles. The van der Waals surface area contributed by atoms with E-state index >= 15 is 0 Å². The predicted octanol–water partition coefficient (Wildman–Crippen LogP) is 3.93. The van der Waals surface area contributed by atoms with Crippen LogP contribution in [0.15, 0.2) is 60.8 Å². The van der Waals surface area contributed by atoms with E-state index in [0.717, 1.165) is 17.5 Å². The fraction of sp³-hybridized carbons (Fsp3) is 0.190. The van der Waals surface area contributed by atoms with Crippen molar-refractivity contribution in [1.29, 1.82) is 0 Å². The Morgan fingerprint density at radius 1 is 1.15 bits per heavy atom. The van der Waals surface area contributed by atoms with E-state index in [2.05, 4.69) is 23.2 Å². The number of nitro benzene ring substituents is 1. The van der Waals surface area contributed by atoms with Crippen LogP contribution >= 0.6 is 0 Å². The number of nitro groups is 1. The maximum atomic E-state index is 12.5. The molecule has 2 aromatic carbocycles. The van der Waals surface area contributed by atoms with E-state index in [-0.39, 0.29) is 18.0 Å². The number of H-pyrrole nitrogens is 1. The first-order valence-corrected chi connectivity index (χ1v) is 8.88. The van der Waals surface area contributed by atoms with Crippen LogP contribution in [0.25, 0.3) is 16.5 Å². The normalized spacial score (nSPS) is 14.2. The Labute approximate surface area is 156 Å². The van der Waals surface area contributed by atoms with Gasteiger partial charge in [0, 0.05) is 47.9 Å². The number of hydrogen-bond donors (Lipinski definition) is 1. The minimum atomic E-state index is -0.437. The maximum Gasteiger partial charge on any atom is 0.269 e. The highest BCUT2D eigenvalue weighted by atomic mass is 16.6. The summed E-state index contributed by atoms with van der Waals surface area (Å²) in [6.45, 7) is 1.26. The van der Waals surface area contributed by atoms with Gasteiger partial charge in [0.05, 0.1) is 11.3 Å². The molecule has 1 aromatic heterocycles. The average Bonchev–Trinajstić information content (AvgIpc) is 3.12. The quantitative estimate of drug-likeness (QED) is 0.565. The molecule has 6 heteroatoms. The molecule has 0 saturated carbocycles. The standard InChI is InChI=1S/C21H19N3O3/c25-21(13-15-5-7-17(8-6-15)24(26)27)23-11-9-16(10-12-23)19-14-22-20-4-2-1-3-18(19)20/h1-9,14,22H,10-13H2. The zero-order chi connectivity index (χ0) is 18.8. The summed E-state index contributed by atoms with van der Waals surface area (Å²) in [6.07, 6.45) is 5.22. The van der Waals surface area contributed by atoms with Crippen LogP contribution in [-0.2, 0) is 11.2 Å². The first-order valence-electron chi connectivity index (χ1n) is 8.88. The zero-order valence-electron chi connectivity index (χ0n) is 14.7. The molecule has 136 valence electrons. The number of hydrogen-bond acceptors (Lipinski definition) is 3. The molecule has 0 atom stereocenters. The molecule has 27 heavy (non-hydrogen) atoms. The second kappa shape index (κ2) is 7.07. The number of amides is 1. The second-order valence-electron chi connectivity index (χ2n) is 6.67. The molecule has 0 radical (unpaired) electrons. The number of carbonyl (C=O) groups excluding carboxylic acids is 1. The van der Waals surface area contributed by atoms with E-state index < -0.39 is 4.92 Å². The number of nitrogens with one attached hydrogen (secondary N) is 1. The lowest BCUT2D eigenvalue weighted by Gasteiger charge is -2.26. The van der Waals surface area contributed by atoms with Crippen molar-refractivity contribution in [3.05, 3.63) is 82.0 Å². The van der Waals surface area contributed by atoms with Crippen molar-refractivity contribution in [1.82, 2.24) is 9.88 Å². The number of rotatable bonds is 4. The lowest BCUT2D eigenvalue weighted by atomic mass is 9.98. The lowest BCUT2D eigenvalue weighted by molar-refractivity contribution is -0.384. The highest BCUT2D eigenvalue weighted by Gasteiger charge is 2.19. The molecular weight excluding hydrogens is 342 g/mol. The van der Waals surface area contributed by atoms with Crippen LogP contribution in [0.4, 0.5) is 5.69 Å².